The van der Waals surface area contributed by atoms with E-state index in [9.17, 15) is 0 Å². The SMILES string of the molecule is c1ccc(N(c2cccc(-c3ccc(-c4ccc(-c5cccc6c5oc5ccccc56)cc4-c4cccc5c4oc4ccccc45)cc3)c2)c2ccc3ccccc3c2)cc1. The fourth-order valence-electron chi connectivity index (χ4n) is 9.13. The average Bonchev–Trinajstić information content (AvgIpc) is 3.91. The Hall–Kier alpha value is -8.14. The van der Waals surface area contributed by atoms with E-state index in [0.717, 1.165) is 105 Å². The average molecular weight is 780 g/mol. The van der Waals surface area contributed by atoms with Crippen LogP contribution in [-0.4, -0.2) is 0 Å². The molecule has 0 unspecified atom stereocenters. The third-order valence-corrected chi connectivity index (χ3v) is 12.1. The Morgan fingerprint density at radius 2 is 0.820 bits per heavy atom. The first-order valence-electron chi connectivity index (χ1n) is 20.7. The van der Waals surface area contributed by atoms with Crippen molar-refractivity contribution in [1.82, 2.24) is 0 Å². The van der Waals surface area contributed by atoms with E-state index in [4.69, 9.17) is 8.83 Å². The molecule has 0 aliphatic heterocycles. The molecular weight excluding hydrogens is 743 g/mol. The molecule has 0 fully saturated rings. The summed E-state index contributed by atoms with van der Waals surface area (Å²) < 4.78 is 13.2. The van der Waals surface area contributed by atoms with Gasteiger partial charge in [0.05, 0.1) is 0 Å². The van der Waals surface area contributed by atoms with Gasteiger partial charge in [-0.1, -0.05) is 170 Å². The zero-order valence-electron chi connectivity index (χ0n) is 33.1. The lowest BCUT2D eigenvalue weighted by molar-refractivity contribution is 0.670. The van der Waals surface area contributed by atoms with Crippen molar-refractivity contribution >= 4 is 71.7 Å². The standard InChI is InChI=1S/C58H37NO2/c1-2-16-44(17-3-1)59(46-33-31-38-13-4-5-14-41(38)36-46)45-18-10-15-42(35-45)39-27-29-40(30-28-39)47-34-32-43(48-21-11-22-51-49-19-6-8-25-55(49)60-57(48)51)37-54(47)53-24-12-23-52-50-20-7-9-26-56(50)61-58(52)53/h1-37H. The first kappa shape index (κ1) is 34.9. The van der Waals surface area contributed by atoms with Crippen LogP contribution in [0.15, 0.2) is 233 Å². The molecule has 2 aromatic heterocycles. The van der Waals surface area contributed by atoms with E-state index >= 15 is 0 Å². The van der Waals surface area contributed by atoms with Gasteiger partial charge in [-0.25, -0.2) is 0 Å². The summed E-state index contributed by atoms with van der Waals surface area (Å²) in [5.74, 6) is 0. The first-order valence-corrected chi connectivity index (χ1v) is 20.7. The first-order chi connectivity index (χ1) is 30.2. The minimum Gasteiger partial charge on any atom is -0.455 e. The Labute approximate surface area is 353 Å². The third kappa shape index (κ3) is 5.98. The maximum atomic E-state index is 6.65. The second-order valence-electron chi connectivity index (χ2n) is 15.7. The van der Waals surface area contributed by atoms with Crippen molar-refractivity contribution in [1.29, 1.82) is 0 Å². The Morgan fingerprint density at radius 3 is 1.57 bits per heavy atom. The molecule has 0 spiro atoms. The highest BCUT2D eigenvalue weighted by atomic mass is 16.3. The molecule has 286 valence electrons. The lowest BCUT2D eigenvalue weighted by Crippen LogP contribution is -2.09. The second-order valence-corrected chi connectivity index (χ2v) is 15.7. The van der Waals surface area contributed by atoms with E-state index in [2.05, 4.69) is 205 Å². The number of furan rings is 2. The predicted octanol–water partition coefficient (Wildman–Crippen LogP) is 16.8. The molecular formula is C58H37NO2. The molecule has 12 aromatic rings. The molecule has 61 heavy (non-hydrogen) atoms. The molecule has 3 nitrogen and oxygen atoms in total. The Kier molecular flexibility index (Phi) is 8.17. The summed E-state index contributed by atoms with van der Waals surface area (Å²) in [6, 6.07) is 79.9. The highest BCUT2D eigenvalue weighted by molar-refractivity contribution is 6.12. The van der Waals surface area contributed by atoms with Crippen LogP contribution >= 0.6 is 0 Å². The van der Waals surface area contributed by atoms with Gasteiger partial charge in [0.15, 0.2) is 0 Å². The van der Waals surface area contributed by atoms with Crippen LogP contribution in [0.1, 0.15) is 0 Å². The lowest BCUT2D eigenvalue weighted by Gasteiger charge is -2.26. The van der Waals surface area contributed by atoms with Gasteiger partial charge in [-0.2, -0.15) is 0 Å². The van der Waals surface area contributed by atoms with Gasteiger partial charge in [-0.15, -0.1) is 0 Å². The number of hydrogen-bond acceptors (Lipinski definition) is 3. The molecule has 12 rings (SSSR count). The van der Waals surface area contributed by atoms with Crippen LogP contribution in [-0.2, 0) is 0 Å². The summed E-state index contributed by atoms with van der Waals surface area (Å²) in [5, 5.41) is 6.89. The van der Waals surface area contributed by atoms with Gasteiger partial charge in [0.25, 0.3) is 0 Å². The minimum atomic E-state index is 0.881. The predicted molar refractivity (Wildman–Crippen MR) is 255 cm³/mol. The quantitative estimate of drug-likeness (QED) is 0.161. The topological polar surface area (TPSA) is 29.5 Å². The molecule has 0 radical (unpaired) electrons. The van der Waals surface area contributed by atoms with Crippen molar-refractivity contribution in [2.45, 2.75) is 0 Å². The Morgan fingerprint density at radius 1 is 0.262 bits per heavy atom. The van der Waals surface area contributed by atoms with Crippen molar-refractivity contribution in [3.05, 3.63) is 224 Å². The van der Waals surface area contributed by atoms with Crippen LogP contribution in [0.2, 0.25) is 0 Å². The molecule has 2 heterocycles. The van der Waals surface area contributed by atoms with Gasteiger partial charge in [0.1, 0.15) is 22.3 Å². The summed E-state index contributed by atoms with van der Waals surface area (Å²) in [6.07, 6.45) is 0. The number of nitrogens with zero attached hydrogens (tertiary/aromatic N) is 1. The van der Waals surface area contributed by atoms with Gasteiger partial charge in [0.2, 0.25) is 0 Å². The van der Waals surface area contributed by atoms with Crippen molar-refractivity contribution in [2.24, 2.45) is 0 Å². The lowest BCUT2D eigenvalue weighted by atomic mass is 9.89. The molecule has 0 saturated heterocycles. The molecule has 0 bridgehead atoms. The molecule has 0 saturated carbocycles. The van der Waals surface area contributed by atoms with E-state index in [1.54, 1.807) is 0 Å². The van der Waals surface area contributed by atoms with Crippen LogP contribution in [0.4, 0.5) is 17.1 Å². The van der Waals surface area contributed by atoms with Crippen LogP contribution in [0, 0.1) is 0 Å². The highest BCUT2D eigenvalue weighted by Crippen LogP contribution is 2.44. The van der Waals surface area contributed by atoms with E-state index in [-0.39, 0.29) is 0 Å². The minimum absolute atomic E-state index is 0.881. The number of para-hydroxylation sites is 5. The zero-order valence-corrected chi connectivity index (χ0v) is 33.1. The summed E-state index contributed by atoms with van der Waals surface area (Å²) >= 11 is 0. The molecule has 0 atom stereocenters. The van der Waals surface area contributed by atoms with Gasteiger partial charge >= 0.3 is 0 Å². The summed E-state index contributed by atoms with van der Waals surface area (Å²) in [6.45, 7) is 0. The Balaban J connectivity index is 0.976. The van der Waals surface area contributed by atoms with Crippen LogP contribution < -0.4 is 4.90 Å². The fraction of sp³-hybridized carbons (Fsp3) is 0. The molecule has 0 aliphatic rings. The van der Waals surface area contributed by atoms with Crippen LogP contribution in [0.25, 0.3) is 99.2 Å². The number of hydrogen-bond donors (Lipinski definition) is 0. The highest BCUT2D eigenvalue weighted by Gasteiger charge is 2.19. The van der Waals surface area contributed by atoms with Crippen molar-refractivity contribution in [3.63, 3.8) is 0 Å². The summed E-state index contributed by atoms with van der Waals surface area (Å²) in [5.41, 5.74) is 15.7. The van der Waals surface area contributed by atoms with E-state index in [0.29, 0.717) is 0 Å². The smallest absolute Gasteiger partial charge is 0.143 e. The molecule has 0 amide bonds. The van der Waals surface area contributed by atoms with Gasteiger partial charge in [0, 0.05) is 49.7 Å². The molecule has 3 heteroatoms. The Bertz CT molecular complexity index is 3600. The van der Waals surface area contributed by atoms with Crippen molar-refractivity contribution in [2.75, 3.05) is 4.90 Å². The third-order valence-electron chi connectivity index (χ3n) is 12.1. The number of fused-ring (bicyclic) bond motifs is 7. The number of rotatable bonds is 7. The van der Waals surface area contributed by atoms with E-state index in [1.807, 2.05) is 24.3 Å². The molecule has 0 N–H and O–H groups in total. The van der Waals surface area contributed by atoms with Crippen molar-refractivity contribution < 1.29 is 8.83 Å². The number of anilines is 3. The maximum Gasteiger partial charge on any atom is 0.143 e. The van der Waals surface area contributed by atoms with E-state index < -0.39 is 0 Å². The second kappa shape index (κ2) is 14.3. The number of benzene rings is 10. The fourth-order valence-corrected chi connectivity index (χ4v) is 9.13. The van der Waals surface area contributed by atoms with Crippen LogP contribution in [0.5, 0.6) is 0 Å². The van der Waals surface area contributed by atoms with Crippen molar-refractivity contribution in [3.8, 4) is 44.5 Å². The summed E-state index contributed by atoms with van der Waals surface area (Å²) in [4.78, 5) is 2.34. The molecule has 0 aliphatic carbocycles. The normalized spacial score (nSPS) is 11.6. The molecule has 10 aromatic carbocycles. The zero-order chi connectivity index (χ0) is 40.3. The summed E-state index contributed by atoms with van der Waals surface area (Å²) in [7, 11) is 0. The maximum absolute atomic E-state index is 6.65. The van der Waals surface area contributed by atoms with Crippen LogP contribution in [0.3, 0.4) is 0 Å². The van der Waals surface area contributed by atoms with E-state index in [1.165, 1.54) is 10.8 Å². The largest absolute Gasteiger partial charge is 0.455 e. The van der Waals surface area contributed by atoms with Gasteiger partial charge < -0.3 is 13.7 Å². The monoisotopic (exact) mass is 779 g/mol. The van der Waals surface area contributed by atoms with Gasteiger partial charge in [-0.05, 0) is 98.8 Å². The van der Waals surface area contributed by atoms with Gasteiger partial charge in [-0.3, -0.25) is 0 Å².